The highest BCUT2D eigenvalue weighted by molar-refractivity contribution is 6.36. The largest absolute Gasteiger partial charge is 0.484 e. The molecule has 3 rings (SSSR count). The molecule has 1 atom stereocenters. The third kappa shape index (κ3) is 7.88. The molecule has 2 amide bonds. The van der Waals surface area contributed by atoms with E-state index in [0.29, 0.717) is 39.3 Å². The SMILES string of the molecule is CCCNC(=O)C(Cc1ccccc1)N(Cc1c(Cl)cccc1Cl)C(=O)COc1cc(C)c(Cl)c(C)c1. The average molecular weight is 562 g/mol. The minimum Gasteiger partial charge on any atom is -0.484 e. The summed E-state index contributed by atoms with van der Waals surface area (Å²) in [4.78, 5) is 28.6. The highest BCUT2D eigenvalue weighted by Crippen LogP contribution is 2.28. The van der Waals surface area contributed by atoms with Gasteiger partial charge in [-0.05, 0) is 61.2 Å². The van der Waals surface area contributed by atoms with Crippen molar-refractivity contribution in [3.63, 3.8) is 0 Å². The Morgan fingerprint density at radius 2 is 1.57 bits per heavy atom. The van der Waals surface area contributed by atoms with Gasteiger partial charge in [0.05, 0.1) is 0 Å². The first-order valence-electron chi connectivity index (χ1n) is 12.1. The fourth-order valence-corrected chi connectivity index (χ4v) is 4.62. The van der Waals surface area contributed by atoms with Crippen molar-refractivity contribution in [3.8, 4) is 5.75 Å². The number of halogens is 3. The molecule has 5 nitrogen and oxygen atoms in total. The van der Waals surface area contributed by atoms with E-state index in [-0.39, 0.29) is 25.0 Å². The molecule has 0 radical (unpaired) electrons. The van der Waals surface area contributed by atoms with Crippen LogP contribution in [0.1, 0.15) is 35.6 Å². The summed E-state index contributed by atoms with van der Waals surface area (Å²) in [6, 6.07) is 17.5. The molecule has 196 valence electrons. The lowest BCUT2D eigenvalue weighted by atomic mass is 10.0. The van der Waals surface area contributed by atoms with Gasteiger partial charge in [-0.15, -0.1) is 0 Å². The molecule has 0 saturated carbocycles. The van der Waals surface area contributed by atoms with Gasteiger partial charge in [0, 0.05) is 40.1 Å². The van der Waals surface area contributed by atoms with Crippen molar-refractivity contribution in [1.82, 2.24) is 10.2 Å². The quantitative estimate of drug-likeness (QED) is 0.280. The highest BCUT2D eigenvalue weighted by Gasteiger charge is 2.31. The normalized spacial score (nSPS) is 11.6. The first-order chi connectivity index (χ1) is 17.7. The van der Waals surface area contributed by atoms with Crippen LogP contribution in [0.5, 0.6) is 5.75 Å². The molecule has 1 N–H and O–H groups in total. The Bertz CT molecular complexity index is 1190. The number of nitrogens with one attached hydrogen (secondary N) is 1. The van der Waals surface area contributed by atoms with Gasteiger partial charge in [0.25, 0.3) is 5.91 Å². The number of nitrogens with zero attached hydrogens (tertiary/aromatic N) is 1. The van der Waals surface area contributed by atoms with Gasteiger partial charge in [-0.1, -0.05) is 78.1 Å². The van der Waals surface area contributed by atoms with Crippen molar-refractivity contribution < 1.29 is 14.3 Å². The molecule has 3 aromatic carbocycles. The molecule has 0 aliphatic heterocycles. The number of ether oxygens (including phenoxy) is 1. The van der Waals surface area contributed by atoms with Crippen LogP contribution < -0.4 is 10.1 Å². The predicted molar refractivity (Wildman–Crippen MR) is 151 cm³/mol. The first-order valence-corrected chi connectivity index (χ1v) is 13.3. The second kappa shape index (κ2) is 13.7. The van der Waals surface area contributed by atoms with Gasteiger partial charge in [0.15, 0.2) is 6.61 Å². The maximum atomic E-state index is 13.7. The molecule has 0 aliphatic carbocycles. The van der Waals surface area contributed by atoms with Crippen LogP contribution >= 0.6 is 34.8 Å². The number of aryl methyl sites for hydroxylation is 2. The Morgan fingerprint density at radius 3 is 2.16 bits per heavy atom. The number of rotatable bonds is 11. The Hall–Kier alpha value is -2.73. The van der Waals surface area contributed by atoms with Crippen LogP contribution in [0.4, 0.5) is 0 Å². The Morgan fingerprint density at radius 1 is 0.946 bits per heavy atom. The summed E-state index contributed by atoms with van der Waals surface area (Å²) >= 11 is 19.2. The summed E-state index contributed by atoms with van der Waals surface area (Å²) in [6.45, 7) is 6.01. The van der Waals surface area contributed by atoms with Gasteiger partial charge < -0.3 is 15.0 Å². The van der Waals surface area contributed by atoms with E-state index in [2.05, 4.69) is 5.32 Å². The summed E-state index contributed by atoms with van der Waals surface area (Å²) in [5.41, 5.74) is 3.19. The van der Waals surface area contributed by atoms with Gasteiger partial charge in [-0.3, -0.25) is 9.59 Å². The van der Waals surface area contributed by atoms with Gasteiger partial charge in [0.2, 0.25) is 5.91 Å². The molecule has 37 heavy (non-hydrogen) atoms. The lowest BCUT2D eigenvalue weighted by Gasteiger charge is -2.32. The lowest BCUT2D eigenvalue weighted by molar-refractivity contribution is -0.142. The van der Waals surface area contributed by atoms with Crippen LogP contribution in [0.15, 0.2) is 60.7 Å². The second-order valence-corrected chi connectivity index (χ2v) is 10.1. The van der Waals surface area contributed by atoms with E-state index in [4.69, 9.17) is 39.5 Å². The minimum atomic E-state index is -0.800. The fraction of sp³-hybridized carbons (Fsp3) is 0.310. The zero-order chi connectivity index (χ0) is 26.9. The van der Waals surface area contributed by atoms with E-state index in [9.17, 15) is 9.59 Å². The molecule has 0 aromatic heterocycles. The Balaban J connectivity index is 1.95. The highest BCUT2D eigenvalue weighted by atomic mass is 35.5. The maximum absolute atomic E-state index is 13.7. The van der Waals surface area contributed by atoms with Crippen molar-refractivity contribution in [1.29, 1.82) is 0 Å². The third-order valence-electron chi connectivity index (χ3n) is 5.98. The number of benzene rings is 3. The standard InChI is InChI=1S/C29H31Cl3N2O3/c1-4-13-33-29(36)26(16-21-9-6-5-7-10-21)34(17-23-24(30)11-8-12-25(23)31)27(35)18-37-22-14-19(2)28(32)20(3)15-22/h5-12,14-15,26H,4,13,16-18H2,1-3H3,(H,33,36). The Labute approximate surface area is 233 Å². The molecule has 0 spiro atoms. The number of hydrogen-bond donors (Lipinski definition) is 1. The molecule has 8 heteroatoms. The van der Waals surface area contributed by atoms with Crippen LogP contribution in [-0.4, -0.2) is 35.9 Å². The molecule has 0 saturated heterocycles. The van der Waals surface area contributed by atoms with Gasteiger partial charge in [-0.25, -0.2) is 0 Å². The van der Waals surface area contributed by atoms with E-state index in [1.165, 1.54) is 4.90 Å². The minimum absolute atomic E-state index is 0.0520. The van der Waals surface area contributed by atoms with Crippen molar-refractivity contribution in [2.45, 2.75) is 46.2 Å². The van der Waals surface area contributed by atoms with E-state index in [1.807, 2.05) is 51.1 Å². The summed E-state index contributed by atoms with van der Waals surface area (Å²) in [5, 5.41) is 4.44. The molecular weight excluding hydrogens is 531 g/mol. The van der Waals surface area contributed by atoms with Crippen molar-refractivity contribution >= 4 is 46.6 Å². The van der Waals surface area contributed by atoms with Gasteiger partial charge in [0.1, 0.15) is 11.8 Å². The topological polar surface area (TPSA) is 58.6 Å². The van der Waals surface area contributed by atoms with Crippen LogP contribution in [-0.2, 0) is 22.6 Å². The second-order valence-electron chi connectivity index (χ2n) is 8.88. The maximum Gasteiger partial charge on any atom is 0.261 e. The number of carbonyl (C=O) groups is 2. The number of amides is 2. The predicted octanol–water partition coefficient (Wildman–Crippen LogP) is 6.81. The molecular formula is C29H31Cl3N2O3. The smallest absolute Gasteiger partial charge is 0.261 e. The zero-order valence-electron chi connectivity index (χ0n) is 21.2. The van der Waals surface area contributed by atoms with E-state index >= 15 is 0 Å². The van der Waals surface area contributed by atoms with E-state index in [0.717, 1.165) is 23.1 Å². The van der Waals surface area contributed by atoms with Crippen molar-refractivity contribution in [2.24, 2.45) is 0 Å². The van der Waals surface area contributed by atoms with E-state index in [1.54, 1.807) is 30.3 Å². The third-order valence-corrected chi connectivity index (χ3v) is 7.29. The Kier molecular flexibility index (Phi) is 10.7. The zero-order valence-corrected chi connectivity index (χ0v) is 23.5. The van der Waals surface area contributed by atoms with Crippen LogP contribution in [0.3, 0.4) is 0 Å². The summed E-state index contributed by atoms with van der Waals surface area (Å²) < 4.78 is 5.88. The first kappa shape index (κ1) is 28.8. The number of carbonyl (C=O) groups excluding carboxylic acids is 2. The van der Waals surface area contributed by atoms with Crippen LogP contribution in [0.2, 0.25) is 15.1 Å². The van der Waals surface area contributed by atoms with Crippen LogP contribution in [0.25, 0.3) is 0 Å². The molecule has 0 heterocycles. The lowest BCUT2D eigenvalue weighted by Crippen LogP contribution is -2.51. The van der Waals surface area contributed by atoms with Gasteiger partial charge in [-0.2, -0.15) is 0 Å². The molecule has 1 unspecified atom stereocenters. The summed E-state index contributed by atoms with van der Waals surface area (Å²) in [7, 11) is 0. The summed E-state index contributed by atoms with van der Waals surface area (Å²) in [5.74, 6) is -0.0900. The van der Waals surface area contributed by atoms with Gasteiger partial charge >= 0.3 is 0 Å². The fourth-order valence-electron chi connectivity index (χ4n) is 3.99. The monoisotopic (exact) mass is 560 g/mol. The average Bonchev–Trinajstić information content (AvgIpc) is 2.88. The molecule has 0 aliphatic rings. The molecule has 0 bridgehead atoms. The molecule has 0 fully saturated rings. The van der Waals surface area contributed by atoms with Crippen molar-refractivity contribution in [2.75, 3.05) is 13.2 Å². The molecule has 3 aromatic rings. The van der Waals surface area contributed by atoms with Crippen LogP contribution in [0, 0.1) is 13.8 Å². The van der Waals surface area contributed by atoms with Crippen molar-refractivity contribution in [3.05, 3.63) is 98.0 Å². The summed E-state index contributed by atoms with van der Waals surface area (Å²) in [6.07, 6.45) is 1.09. The van der Waals surface area contributed by atoms with E-state index < -0.39 is 6.04 Å². The number of hydrogen-bond acceptors (Lipinski definition) is 3.